The zero-order valence-corrected chi connectivity index (χ0v) is 42.0. The van der Waals surface area contributed by atoms with Crippen LogP contribution in [0, 0.1) is 23.2 Å². The lowest BCUT2D eigenvalue weighted by molar-refractivity contribution is -0.200. The molecule has 9 atom stereocenters. The number of aliphatic hydroxyl groups is 1. The van der Waals surface area contributed by atoms with Crippen molar-refractivity contribution < 1.29 is 38.0 Å². The smallest absolute Gasteiger partial charge is 0.261 e. The first-order valence-corrected chi connectivity index (χ1v) is 29.7. The average molecular weight is 965 g/mol. The predicted octanol–water partition coefficient (Wildman–Crippen LogP) is 9.71. The molecular weight excluding hydrogens is 888 g/mol. The molecule has 2 heterocycles. The predicted molar refractivity (Wildman–Crippen MR) is 251 cm³/mol. The summed E-state index contributed by atoms with van der Waals surface area (Å²) in [5.41, 5.74) is -1.01. The number of alkyl halides is 1. The van der Waals surface area contributed by atoms with E-state index in [0.717, 1.165) is 57.8 Å². The standard InChI is InChI=1S/C48H77IO8Si2/c1-10-53-42-33-47(34-54-42)32-36(50)31-41-39(26-28-51-35-52-29-30-58(7,8)9)40(43(49)48(47)44(41)56-46(5,6)57-48)25-19-11-12-20-27-55-59(45(2,3)4,37-21-15-13-16-22-37)38-23-17-14-18-24-38/h13-18,21-24,36,39-44,50H,10-12,19-20,25-35H2,1-9H3/t36-,39-,40-,41-,42?,43+,44-,47-,48-/m1/s1. The number of halogens is 1. The van der Waals surface area contributed by atoms with Crippen LogP contribution in [-0.2, 0) is 32.8 Å². The van der Waals surface area contributed by atoms with Gasteiger partial charge in [0.15, 0.2) is 12.1 Å². The number of hydrogen-bond donors (Lipinski definition) is 1. The van der Waals surface area contributed by atoms with E-state index in [2.05, 4.69) is 138 Å². The van der Waals surface area contributed by atoms with Crippen LogP contribution >= 0.6 is 22.6 Å². The van der Waals surface area contributed by atoms with Crippen molar-refractivity contribution in [2.75, 3.05) is 39.8 Å². The van der Waals surface area contributed by atoms with Gasteiger partial charge in [-0.15, -0.1) is 0 Å². The van der Waals surface area contributed by atoms with Gasteiger partial charge in [0.2, 0.25) is 0 Å². The third-order valence-electron chi connectivity index (χ3n) is 13.9. The summed E-state index contributed by atoms with van der Waals surface area (Å²) in [5.74, 6) is 0.0936. The Morgan fingerprint density at radius 1 is 0.831 bits per heavy atom. The first-order valence-electron chi connectivity index (χ1n) is 22.8. The average Bonchev–Trinajstić information content (AvgIpc) is 3.71. The quantitative estimate of drug-likeness (QED) is 0.0462. The minimum absolute atomic E-state index is 0.0303. The Labute approximate surface area is 372 Å². The molecule has 2 bridgehead atoms. The van der Waals surface area contributed by atoms with Crippen LogP contribution in [0.2, 0.25) is 30.7 Å². The van der Waals surface area contributed by atoms with E-state index in [9.17, 15) is 5.11 Å². The van der Waals surface area contributed by atoms with Crippen LogP contribution in [0.1, 0.15) is 99.3 Å². The van der Waals surface area contributed by atoms with Gasteiger partial charge in [0.1, 0.15) is 12.4 Å². The molecule has 59 heavy (non-hydrogen) atoms. The van der Waals surface area contributed by atoms with E-state index < -0.39 is 39.3 Å². The Kier molecular flexibility index (Phi) is 16.2. The largest absolute Gasteiger partial charge is 0.407 e. The van der Waals surface area contributed by atoms with Crippen LogP contribution in [0.5, 0.6) is 0 Å². The van der Waals surface area contributed by atoms with E-state index in [4.69, 9.17) is 32.8 Å². The molecule has 1 unspecified atom stereocenters. The minimum Gasteiger partial charge on any atom is -0.407 e. The number of benzene rings is 2. The molecule has 8 nitrogen and oxygen atoms in total. The molecule has 332 valence electrons. The number of aliphatic hydroxyl groups excluding tert-OH is 1. The van der Waals surface area contributed by atoms with E-state index in [-0.39, 0.29) is 27.3 Å². The summed E-state index contributed by atoms with van der Waals surface area (Å²) < 4.78 is 46.5. The van der Waals surface area contributed by atoms with Crippen molar-refractivity contribution in [2.24, 2.45) is 23.2 Å². The molecule has 11 heteroatoms. The molecule has 1 N–H and O–H groups in total. The highest BCUT2D eigenvalue weighted by molar-refractivity contribution is 14.1. The molecule has 6 rings (SSSR count). The summed E-state index contributed by atoms with van der Waals surface area (Å²) in [6.45, 7) is 23.9. The van der Waals surface area contributed by atoms with Crippen LogP contribution in [-0.4, -0.2) is 95.1 Å². The number of unbranched alkanes of at least 4 members (excludes halogenated alkanes) is 3. The van der Waals surface area contributed by atoms with Gasteiger partial charge < -0.3 is 38.0 Å². The Morgan fingerprint density at radius 2 is 1.47 bits per heavy atom. The molecular formula is C48H77IO8Si2. The van der Waals surface area contributed by atoms with Gasteiger partial charge in [0.25, 0.3) is 8.32 Å². The van der Waals surface area contributed by atoms with Gasteiger partial charge in [0.05, 0.1) is 18.8 Å². The molecule has 2 saturated carbocycles. The minimum atomic E-state index is -2.56. The zero-order chi connectivity index (χ0) is 42.5. The van der Waals surface area contributed by atoms with Crippen LogP contribution in [0.15, 0.2) is 60.7 Å². The lowest BCUT2D eigenvalue weighted by atomic mass is 9.54. The van der Waals surface area contributed by atoms with Crippen LogP contribution in [0.4, 0.5) is 0 Å². The zero-order valence-electron chi connectivity index (χ0n) is 37.8. The van der Waals surface area contributed by atoms with Gasteiger partial charge in [0, 0.05) is 50.3 Å². The van der Waals surface area contributed by atoms with Crippen molar-refractivity contribution in [3.05, 3.63) is 60.7 Å². The van der Waals surface area contributed by atoms with Gasteiger partial charge in [-0.05, 0) is 92.1 Å². The Balaban J connectivity index is 1.17. The molecule has 2 aliphatic carbocycles. The fourth-order valence-electron chi connectivity index (χ4n) is 11.4. The van der Waals surface area contributed by atoms with E-state index in [1.807, 2.05) is 6.92 Å². The van der Waals surface area contributed by atoms with Crippen molar-refractivity contribution >= 4 is 49.4 Å². The summed E-state index contributed by atoms with van der Waals surface area (Å²) >= 11 is 2.75. The van der Waals surface area contributed by atoms with E-state index in [1.165, 1.54) is 10.4 Å². The summed E-state index contributed by atoms with van der Waals surface area (Å²) in [4.78, 5) is 0. The summed E-state index contributed by atoms with van der Waals surface area (Å²) in [7, 11) is -3.72. The van der Waals surface area contributed by atoms with Crippen molar-refractivity contribution in [3.63, 3.8) is 0 Å². The summed E-state index contributed by atoms with van der Waals surface area (Å²) in [6, 6.07) is 23.1. The molecule has 2 saturated heterocycles. The first kappa shape index (κ1) is 47.8. The second kappa shape index (κ2) is 20.0. The SMILES string of the molecule is CCOC1C[C@@]2(CO1)C[C@H](O)C[C@@H]1[C@H](CCOCOCC[Si](C)(C)C)[C@@H](CCCCCCO[Si](c3ccccc3)(c3ccccc3)C(C)(C)C)[C@H](I)[C@]23OC(C)(C)O[C@H]13. The Bertz CT molecular complexity index is 1550. The lowest BCUT2D eigenvalue weighted by Gasteiger charge is -2.57. The van der Waals surface area contributed by atoms with Crippen molar-refractivity contribution in [2.45, 2.75) is 164 Å². The third-order valence-corrected chi connectivity index (χ3v) is 22.5. The summed E-state index contributed by atoms with van der Waals surface area (Å²) in [6.07, 6.45) is 7.56. The monoisotopic (exact) mass is 964 g/mol. The first-order chi connectivity index (χ1) is 28.0. The van der Waals surface area contributed by atoms with Crippen LogP contribution in [0.25, 0.3) is 0 Å². The highest BCUT2D eigenvalue weighted by Gasteiger charge is 2.75. The van der Waals surface area contributed by atoms with Crippen molar-refractivity contribution in [1.29, 1.82) is 0 Å². The van der Waals surface area contributed by atoms with E-state index in [1.54, 1.807) is 0 Å². The highest BCUT2D eigenvalue weighted by atomic mass is 127. The highest BCUT2D eigenvalue weighted by Crippen LogP contribution is 2.67. The van der Waals surface area contributed by atoms with Gasteiger partial charge in [-0.2, -0.15) is 0 Å². The van der Waals surface area contributed by atoms with Crippen molar-refractivity contribution in [3.8, 4) is 0 Å². The Morgan fingerprint density at radius 3 is 2.10 bits per heavy atom. The number of hydrogen-bond acceptors (Lipinski definition) is 8. The normalized spacial score (nSPS) is 32.0. The molecule has 0 amide bonds. The molecule has 2 aromatic carbocycles. The van der Waals surface area contributed by atoms with Crippen molar-refractivity contribution in [1.82, 2.24) is 0 Å². The fraction of sp³-hybridized carbons (Fsp3) is 0.750. The molecule has 4 aliphatic rings. The number of rotatable bonds is 20. The molecule has 4 fully saturated rings. The lowest BCUT2D eigenvalue weighted by Crippen LogP contribution is -2.68. The second-order valence-corrected chi connectivity index (χ2v) is 32.0. The third kappa shape index (κ3) is 10.5. The topological polar surface area (TPSA) is 84.8 Å². The van der Waals surface area contributed by atoms with E-state index >= 15 is 0 Å². The molecule has 0 aromatic heterocycles. The van der Waals surface area contributed by atoms with Gasteiger partial charge in [-0.1, -0.05) is 143 Å². The van der Waals surface area contributed by atoms with Gasteiger partial charge in [-0.3, -0.25) is 0 Å². The van der Waals surface area contributed by atoms with Crippen LogP contribution in [0.3, 0.4) is 0 Å². The number of ether oxygens (including phenoxy) is 6. The van der Waals surface area contributed by atoms with E-state index in [0.29, 0.717) is 57.7 Å². The Hall–Kier alpha value is -0.716. The fourth-order valence-corrected chi connectivity index (χ4v) is 18.8. The molecule has 1 spiro atoms. The van der Waals surface area contributed by atoms with Gasteiger partial charge in [-0.25, -0.2) is 0 Å². The maximum absolute atomic E-state index is 11.9. The molecule has 2 aliphatic heterocycles. The maximum Gasteiger partial charge on any atom is 0.261 e. The second-order valence-electron chi connectivity index (χ2n) is 20.7. The summed E-state index contributed by atoms with van der Waals surface area (Å²) in [5, 5.41) is 14.5. The molecule has 0 radical (unpaired) electrons. The molecule has 2 aromatic rings. The van der Waals surface area contributed by atoms with Crippen LogP contribution < -0.4 is 10.4 Å². The maximum atomic E-state index is 11.9. The van der Waals surface area contributed by atoms with Gasteiger partial charge >= 0.3 is 0 Å².